The molecule has 1 amide bonds. The summed E-state index contributed by atoms with van der Waals surface area (Å²) in [5.41, 5.74) is 1.68. The lowest BCUT2D eigenvalue weighted by atomic mass is 9.95. The molecule has 0 bridgehead atoms. The number of aromatic amines is 1. The first-order chi connectivity index (χ1) is 17.9. The van der Waals surface area contributed by atoms with Gasteiger partial charge in [0.1, 0.15) is 5.82 Å². The molecule has 0 aliphatic carbocycles. The maximum absolute atomic E-state index is 13.8. The molecule has 8 nitrogen and oxygen atoms in total. The van der Waals surface area contributed by atoms with Gasteiger partial charge >= 0.3 is 0 Å². The number of fused-ring (bicyclic) bond motifs is 2. The number of ketones is 1. The third kappa shape index (κ3) is 3.63. The van der Waals surface area contributed by atoms with Crippen molar-refractivity contribution in [3.63, 3.8) is 0 Å². The molecule has 0 fully saturated rings. The van der Waals surface area contributed by atoms with Crippen LogP contribution in [0.2, 0.25) is 5.02 Å². The predicted octanol–water partition coefficient (Wildman–Crippen LogP) is 5.89. The summed E-state index contributed by atoms with van der Waals surface area (Å²) in [6.07, 6.45) is 0. The number of nitrogens with one attached hydrogen (secondary N) is 1. The van der Waals surface area contributed by atoms with Crippen molar-refractivity contribution in [2.24, 2.45) is 0 Å². The van der Waals surface area contributed by atoms with Crippen LogP contribution < -0.4 is 9.64 Å². The average Bonchev–Trinajstić information content (AvgIpc) is 3.58. The summed E-state index contributed by atoms with van der Waals surface area (Å²) < 4.78 is 24.9. The third-order valence-corrected chi connectivity index (χ3v) is 6.45. The van der Waals surface area contributed by atoms with Crippen molar-refractivity contribution in [3.8, 4) is 5.75 Å². The molecule has 1 aliphatic rings. The van der Waals surface area contributed by atoms with Crippen molar-refractivity contribution < 1.29 is 28.2 Å². The number of hydrogen-bond acceptors (Lipinski definition) is 6. The van der Waals surface area contributed by atoms with Gasteiger partial charge in [0, 0.05) is 16.5 Å². The molecule has 1 atom stereocenters. The molecule has 10 heteroatoms. The van der Waals surface area contributed by atoms with Gasteiger partial charge in [0.15, 0.2) is 22.9 Å². The van der Waals surface area contributed by atoms with Gasteiger partial charge in [0.25, 0.3) is 5.91 Å². The number of H-pyrrole nitrogens is 1. The van der Waals surface area contributed by atoms with Crippen LogP contribution in [0.3, 0.4) is 0 Å². The van der Waals surface area contributed by atoms with E-state index in [1.165, 1.54) is 42.3 Å². The first kappa shape index (κ1) is 22.8. The maximum Gasteiger partial charge on any atom is 0.296 e. The lowest BCUT2D eigenvalue weighted by Gasteiger charge is -2.24. The van der Waals surface area contributed by atoms with Crippen LogP contribution in [0.1, 0.15) is 22.2 Å². The second kappa shape index (κ2) is 8.49. The molecule has 0 saturated carbocycles. The Morgan fingerprint density at radius 1 is 1.16 bits per heavy atom. The number of aliphatic hydroxyl groups is 1. The Morgan fingerprint density at radius 2 is 1.92 bits per heavy atom. The average molecular weight is 518 g/mol. The molecular formula is C27H17ClFN3O5. The molecule has 1 unspecified atom stereocenters. The molecule has 184 valence electrons. The summed E-state index contributed by atoms with van der Waals surface area (Å²) in [4.78, 5) is 35.9. The Morgan fingerprint density at radius 3 is 2.65 bits per heavy atom. The van der Waals surface area contributed by atoms with Gasteiger partial charge in [0.2, 0.25) is 11.7 Å². The molecule has 37 heavy (non-hydrogen) atoms. The number of carbonyl (C=O) groups is 2. The minimum atomic E-state index is -1.11. The zero-order valence-electron chi connectivity index (χ0n) is 19.2. The van der Waals surface area contributed by atoms with Gasteiger partial charge in [-0.15, -0.1) is 0 Å². The number of aliphatic hydroxyl groups excluding tert-OH is 1. The maximum atomic E-state index is 13.8. The Bertz CT molecular complexity index is 1720. The van der Waals surface area contributed by atoms with E-state index in [1.807, 2.05) is 0 Å². The zero-order valence-corrected chi connectivity index (χ0v) is 19.9. The number of methoxy groups -OCH3 is 1. The van der Waals surface area contributed by atoms with E-state index in [2.05, 4.69) is 9.97 Å². The SMILES string of the molecule is COc1cc(Cl)cc2cc(C(=O)C3=C(O)C(=O)N(c4nc5ccccc5[nH]4)C3c3ccc(F)cc3)oc12. The third-order valence-electron chi connectivity index (χ3n) is 6.23. The zero-order chi connectivity index (χ0) is 25.8. The van der Waals surface area contributed by atoms with Crippen LogP contribution in [-0.2, 0) is 4.79 Å². The van der Waals surface area contributed by atoms with E-state index in [0.29, 0.717) is 32.8 Å². The Hall–Kier alpha value is -4.63. The second-order valence-corrected chi connectivity index (χ2v) is 8.87. The van der Waals surface area contributed by atoms with Crippen molar-refractivity contribution in [2.45, 2.75) is 6.04 Å². The van der Waals surface area contributed by atoms with E-state index in [4.69, 9.17) is 20.8 Å². The molecule has 1 aliphatic heterocycles. The van der Waals surface area contributed by atoms with Crippen LogP contribution in [0, 0.1) is 5.82 Å². The van der Waals surface area contributed by atoms with Crippen molar-refractivity contribution in [1.82, 2.24) is 9.97 Å². The Labute approximate surface area is 213 Å². The standard InChI is InChI=1S/C27H17ClFN3O5/c1-36-20-12-15(28)10-14-11-19(37-25(14)20)23(33)21-22(13-6-8-16(29)9-7-13)32(26(35)24(21)34)27-30-17-4-2-3-5-18(17)31-27/h2-12,22,34H,1H3,(H,30,31). The first-order valence-electron chi connectivity index (χ1n) is 11.1. The number of anilines is 1. The van der Waals surface area contributed by atoms with Crippen molar-refractivity contribution in [3.05, 3.63) is 100 Å². The molecule has 2 aromatic heterocycles. The number of Topliss-reactive ketones (excluding diaryl/α,β-unsaturated/α-hetero) is 1. The van der Waals surface area contributed by atoms with Gasteiger partial charge in [-0.2, -0.15) is 0 Å². The summed E-state index contributed by atoms with van der Waals surface area (Å²) in [6, 6.07) is 15.9. The topological polar surface area (TPSA) is 109 Å². The summed E-state index contributed by atoms with van der Waals surface area (Å²) in [5.74, 6) is -2.52. The minimum absolute atomic E-state index is 0.118. The molecule has 0 spiro atoms. The van der Waals surface area contributed by atoms with Gasteiger partial charge in [0.05, 0.1) is 29.8 Å². The molecule has 5 aromatic rings. The molecule has 2 N–H and O–H groups in total. The Kier molecular flexibility index (Phi) is 5.24. The van der Waals surface area contributed by atoms with Crippen LogP contribution in [0.4, 0.5) is 10.3 Å². The first-order valence-corrected chi connectivity index (χ1v) is 11.5. The minimum Gasteiger partial charge on any atom is -0.503 e. The number of furan rings is 1. The molecule has 0 saturated heterocycles. The smallest absolute Gasteiger partial charge is 0.296 e. The molecule has 6 rings (SSSR count). The van der Waals surface area contributed by atoms with E-state index in [1.54, 1.807) is 36.4 Å². The van der Waals surface area contributed by atoms with E-state index < -0.39 is 29.3 Å². The largest absolute Gasteiger partial charge is 0.503 e. The summed E-state index contributed by atoms with van der Waals surface area (Å²) in [7, 11) is 1.44. The van der Waals surface area contributed by atoms with Gasteiger partial charge in [-0.05, 0) is 42.0 Å². The van der Waals surface area contributed by atoms with E-state index in [-0.39, 0.29) is 22.9 Å². The molecule has 3 heterocycles. The highest BCUT2D eigenvalue weighted by molar-refractivity contribution is 6.31. The highest BCUT2D eigenvalue weighted by Gasteiger charge is 2.46. The van der Waals surface area contributed by atoms with E-state index in [0.717, 1.165) is 0 Å². The summed E-state index contributed by atoms with van der Waals surface area (Å²) >= 11 is 6.15. The fraction of sp³-hybridized carbons (Fsp3) is 0.0741. The quantitative estimate of drug-likeness (QED) is 0.281. The number of ether oxygens (including phenoxy) is 1. The lowest BCUT2D eigenvalue weighted by Crippen LogP contribution is -2.32. The lowest BCUT2D eigenvalue weighted by molar-refractivity contribution is -0.117. The summed E-state index contributed by atoms with van der Waals surface area (Å²) in [5, 5.41) is 11.8. The number of para-hydroxylation sites is 2. The van der Waals surface area contributed by atoms with Crippen LogP contribution in [0.5, 0.6) is 5.75 Å². The van der Waals surface area contributed by atoms with Crippen LogP contribution in [-0.4, -0.2) is 33.9 Å². The number of carbonyl (C=O) groups excluding carboxylic acids is 2. The number of benzene rings is 3. The van der Waals surface area contributed by atoms with Gasteiger partial charge in [-0.1, -0.05) is 35.9 Å². The van der Waals surface area contributed by atoms with Crippen molar-refractivity contribution in [2.75, 3.05) is 12.0 Å². The predicted molar refractivity (Wildman–Crippen MR) is 134 cm³/mol. The van der Waals surface area contributed by atoms with Crippen LogP contribution in [0.25, 0.3) is 22.0 Å². The van der Waals surface area contributed by atoms with E-state index in [9.17, 15) is 19.1 Å². The Balaban J connectivity index is 1.51. The van der Waals surface area contributed by atoms with Crippen molar-refractivity contribution >= 4 is 51.2 Å². The molecular weight excluding hydrogens is 501 g/mol. The number of rotatable bonds is 5. The fourth-order valence-electron chi connectivity index (χ4n) is 4.55. The number of amides is 1. The van der Waals surface area contributed by atoms with Crippen molar-refractivity contribution in [1.29, 1.82) is 0 Å². The number of hydrogen-bond donors (Lipinski definition) is 2. The number of halogens is 2. The summed E-state index contributed by atoms with van der Waals surface area (Å²) in [6.45, 7) is 0. The highest BCUT2D eigenvalue weighted by Crippen LogP contribution is 2.42. The second-order valence-electron chi connectivity index (χ2n) is 8.44. The van der Waals surface area contributed by atoms with E-state index >= 15 is 0 Å². The fourth-order valence-corrected chi connectivity index (χ4v) is 4.77. The number of nitrogens with zero attached hydrogens (tertiary/aromatic N) is 2. The monoisotopic (exact) mass is 517 g/mol. The highest BCUT2D eigenvalue weighted by atomic mass is 35.5. The van der Waals surface area contributed by atoms with Gasteiger partial charge in [-0.3, -0.25) is 14.5 Å². The number of imidazole rings is 1. The number of aromatic nitrogens is 2. The molecule has 0 radical (unpaired) electrons. The van der Waals surface area contributed by atoms with Crippen LogP contribution in [0.15, 0.2) is 82.5 Å². The van der Waals surface area contributed by atoms with Gasteiger partial charge in [-0.25, -0.2) is 9.37 Å². The molecule has 3 aromatic carbocycles. The van der Waals surface area contributed by atoms with Gasteiger partial charge < -0.3 is 19.2 Å². The van der Waals surface area contributed by atoms with Crippen LogP contribution >= 0.6 is 11.6 Å². The normalized spacial score (nSPS) is 15.8.